The minimum absolute atomic E-state index is 0.231. The van der Waals surface area contributed by atoms with Crippen LogP contribution in [0.2, 0.25) is 5.02 Å². The third-order valence-electron chi connectivity index (χ3n) is 5.62. The number of fused-ring (bicyclic) bond motifs is 1. The Bertz CT molecular complexity index is 757. The number of nitrogens with zero attached hydrogens (tertiary/aromatic N) is 1. The van der Waals surface area contributed by atoms with Crippen molar-refractivity contribution < 1.29 is 24.4 Å². The molecule has 2 fully saturated rings. The van der Waals surface area contributed by atoms with Gasteiger partial charge in [-0.05, 0) is 31.1 Å². The van der Waals surface area contributed by atoms with Gasteiger partial charge in [-0.15, -0.1) is 0 Å². The van der Waals surface area contributed by atoms with E-state index in [4.69, 9.17) is 16.3 Å². The molecule has 3 rings (SSSR count). The molecule has 2 N–H and O–H groups in total. The molecule has 0 unspecified atom stereocenters. The summed E-state index contributed by atoms with van der Waals surface area (Å²) < 4.78 is 5.37. The number of quaternary nitrogens is 1. The number of ether oxygens (including phenoxy) is 1. The molecule has 6 nitrogen and oxygen atoms in total. The first-order chi connectivity index (χ1) is 12.9. The summed E-state index contributed by atoms with van der Waals surface area (Å²) in [6, 6.07) is 6.90. The predicted octanol–water partition coefficient (Wildman–Crippen LogP) is 1.24. The van der Waals surface area contributed by atoms with E-state index in [9.17, 15) is 14.4 Å². The molecule has 0 spiro atoms. The molecular formula is C19H24ClN2O4S+. The van der Waals surface area contributed by atoms with E-state index in [2.05, 4.69) is 0 Å². The van der Waals surface area contributed by atoms with E-state index < -0.39 is 23.3 Å². The fourth-order valence-corrected chi connectivity index (χ4v) is 5.00. The van der Waals surface area contributed by atoms with Crippen LogP contribution < -0.4 is 5.32 Å². The third-order valence-corrected chi connectivity index (χ3v) is 6.48. The second-order valence-electron chi connectivity index (χ2n) is 6.99. The maximum atomic E-state index is 13.0. The number of halogens is 1. The molecule has 146 valence electrons. The Hall–Kier alpha value is -1.57. The van der Waals surface area contributed by atoms with Gasteiger partial charge in [0.15, 0.2) is 0 Å². The minimum atomic E-state index is -1.09. The van der Waals surface area contributed by atoms with Gasteiger partial charge in [0.25, 0.3) is 0 Å². The molecule has 0 aromatic heterocycles. The molecule has 0 radical (unpaired) electrons. The fourth-order valence-electron chi connectivity index (χ4n) is 4.33. The van der Waals surface area contributed by atoms with E-state index in [-0.39, 0.29) is 24.5 Å². The average molecular weight is 412 g/mol. The number of carbonyl (C=O) groups excluding carboxylic acids is 3. The lowest BCUT2D eigenvalue weighted by Gasteiger charge is -2.29. The topological polar surface area (TPSA) is 80.3 Å². The van der Waals surface area contributed by atoms with Gasteiger partial charge in [0.1, 0.15) is 17.9 Å². The molecule has 4 atom stereocenters. The molecule has 0 aliphatic carbocycles. The average Bonchev–Trinajstić information content (AvgIpc) is 3.11. The Morgan fingerprint density at radius 3 is 2.56 bits per heavy atom. The first kappa shape index (κ1) is 20.2. The van der Waals surface area contributed by atoms with E-state index in [0.717, 1.165) is 10.5 Å². The second kappa shape index (κ2) is 7.81. The van der Waals surface area contributed by atoms with E-state index in [1.807, 2.05) is 23.7 Å². The molecule has 2 aliphatic heterocycles. The summed E-state index contributed by atoms with van der Waals surface area (Å²) in [4.78, 5) is 40.1. The van der Waals surface area contributed by atoms with Crippen LogP contribution in [0.15, 0.2) is 24.3 Å². The molecule has 1 aromatic carbocycles. The van der Waals surface area contributed by atoms with Gasteiger partial charge >= 0.3 is 5.97 Å². The first-order valence-corrected chi connectivity index (χ1v) is 10.7. The summed E-state index contributed by atoms with van der Waals surface area (Å²) in [5.41, 5.74) is -0.216. The minimum Gasteiger partial charge on any atom is -0.461 e. The fraction of sp³-hybridized carbons (Fsp3) is 0.526. The van der Waals surface area contributed by atoms with Crippen LogP contribution >= 0.6 is 23.4 Å². The van der Waals surface area contributed by atoms with Gasteiger partial charge in [0.05, 0.1) is 6.61 Å². The van der Waals surface area contributed by atoms with Crippen LogP contribution in [0, 0.1) is 11.8 Å². The summed E-state index contributed by atoms with van der Waals surface area (Å²) in [7, 11) is 1.49. The lowest BCUT2D eigenvalue weighted by Crippen LogP contribution is -2.98. The number of imide groups is 1. The summed E-state index contributed by atoms with van der Waals surface area (Å²) >= 11 is 7.61. The molecule has 2 aliphatic rings. The maximum Gasteiger partial charge on any atom is 0.368 e. The van der Waals surface area contributed by atoms with Crippen molar-refractivity contribution in [3.05, 3.63) is 34.9 Å². The number of thioether (sulfide) groups is 1. The molecule has 0 bridgehead atoms. The normalized spacial score (nSPS) is 29.9. The SMILES string of the molecule is CCOC(=O)[C@]1(CCSC)[NH2+][C@@H](c2ccc(Cl)cc2)[C@H]2C(=O)N(C)C(=O)[C@@H]21. The Balaban J connectivity index is 2.10. The Morgan fingerprint density at radius 2 is 1.96 bits per heavy atom. The second-order valence-corrected chi connectivity index (χ2v) is 8.41. The van der Waals surface area contributed by atoms with E-state index in [1.54, 1.807) is 30.8 Å². The first-order valence-electron chi connectivity index (χ1n) is 8.96. The van der Waals surface area contributed by atoms with Crippen LogP contribution in [0.4, 0.5) is 0 Å². The number of hydrogen-bond acceptors (Lipinski definition) is 5. The third kappa shape index (κ3) is 3.26. The molecule has 27 heavy (non-hydrogen) atoms. The molecule has 8 heteroatoms. The van der Waals surface area contributed by atoms with Gasteiger partial charge in [0.2, 0.25) is 17.4 Å². The van der Waals surface area contributed by atoms with Crippen LogP contribution in [0.3, 0.4) is 0 Å². The maximum absolute atomic E-state index is 13.0. The summed E-state index contributed by atoms with van der Waals surface area (Å²) in [5, 5.41) is 2.49. The van der Waals surface area contributed by atoms with Gasteiger partial charge in [-0.3, -0.25) is 14.5 Å². The Labute approximate surface area is 167 Å². The van der Waals surface area contributed by atoms with Gasteiger partial charge in [-0.25, -0.2) is 4.79 Å². The zero-order chi connectivity index (χ0) is 19.8. The highest BCUT2D eigenvalue weighted by atomic mass is 35.5. The predicted molar refractivity (Wildman–Crippen MR) is 103 cm³/mol. The number of carbonyl (C=O) groups is 3. The van der Waals surface area contributed by atoms with E-state index in [0.29, 0.717) is 17.2 Å². The zero-order valence-corrected chi connectivity index (χ0v) is 17.2. The number of hydrogen-bond donors (Lipinski definition) is 1. The number of esters is 1. The number of nitrogens with two attached hydrogens (primary N) is 1. The van der Waals surface area contributed by atoms with Crippen LogP contribution in [0.1, 0.15) is 24.9 Å². The van der Waals surface area contributed by atoms with Crippen molar-refractivity contribution in [1.29, 1.82) is 0 Å². The number of rotatable bonds is 6. The highest BCUT2D eigenvalue weighted by Gasteiger charge is 2.71. The molecule has 2 saturated heterocycles. The van der Waals surface area contributed by atoms with Crippen molar-refractivity contribution >= 4 is 41.1 Å². The van der Waals surface area contributed by atoms with Crippen molar-refractivity contribution in [2.45, 2.75) is 24.9 Å². The van der Waals surface area contributed by atoms with Gasteiger partial charge in [0, 0.05) is 24.1 Å². The van der Waals surface area contributed by atoms with Gasteiger partial charge in [-0.1, -0.05) is 23.7 Å². The summed E-state index contributed by atoms with van der Waals surface area (Å²) in [6.45, 7) is 1.98. The van der Waals surface area contributed by atoms with E-state index >= 15 is 0 Å². The number of likely N-dealkylation sites (tertiary alicyclic amines) is 1. The lowest BCUT2D eigenvalue weighted by atomic mass is 9.78. The van der Waals surface area contributed by atoms with E-state index in [1.165, 1.54) is 7.05 Å². The Kier molecular flexibility index (Phi) is 5.84. The largest absolute Gasteiger partial charge is 0.461 e. The Morgan fingerprint density at radius 1 is 1.30 bits per heavy atom. The lowest BCUT2D eigenvalue weighted by molar-refractivity contribution is -0.734. The molecule has 2 amide bonds. The van der Waals surface area contributed by atoms with Gasteiger partial charge in [-0.2, -0.15) is 11.8 Å². The zero-order valence-electron chi connectivity index (χ0n) is 15.6. The number of amides is 2. The molecule has 1 aromatic rings. The standard InChI is InChI=1S/C19H23ClN2O4S/c1-4-26-18(25)19(9-10-27-3)14-13(16(23)22(2)17(14)24)15(21-19)11-5-7-12(20)8-6-11/h5-8,13-15,21H,4,9-10H2,1-3H3/p+1/t13-,14+,15-,19+/m0/s1. The summed E-state index contributed by atoms with van der Waals surface area (Å²) in [6.07, 6.45) is 2.42. The highest BCUT2D eigenvalue weighted by Crippen LogP contribution is 2.45. The van der Waals surface area contributed by atoms with Crippen LogP contribution in [0.25, 0.3) is 0 Å². The van der Waals surface area contributed by atoms with Crippen molar-refractivity contribution in [1.82, 2.24) is 4.90 Å². The number of benzene rings is 1. The molecule has 2 heterocycles. The van der Waals surface area contributed by atoms with Crippen molar-refractivity contribution in [2.24, 2.45) is 11.8 Å². The monoisotopic (exact) mass is 411 g/mol. The van der Waals surface area contributed by atoms with Crippen LogP contribution in [0.5, 0.6) is 0 Å². The molecule has 0 saturated carbocycles. The van der Waals surface area contributed by atoms with Crippen LogP contribution in [-0.4, -0.2) is 53.9 Å². The highest BCUT2D eigenvalue weighted by molar-refractivity contribution is 7.98. The van der Waals surface area contributed by atoms with Crippen molar-refractivity contribution in [2.75, 3.05) is 25.7 Å². The van der Waals surface area contributed by atoms with Crippen molar-refractivity contribution in [3.8, 4) is 0 Å². The van der Waals surface area contributed by atoms with Gasteiger partial charge < -0.3 is 10.1 Å². The molecular weight excluding hydrogens is 388 g/mol. The quantitative estimate of drug-likeness (QED) is 0.562. The smallest absolute Gasteiger partial charge is 0.368 e. The van der Waals surface area contributed by atoms with Crippen molar-refractivity contribution in [3.63, 3.8) is 0 Å². The van der Waals surface area contributed by atoms with Crippen LogP contribution in [-0.2, 0) is 19.1 Å². The summed E-state index contributed by atoms with van der Waals surface area (Å²) in [5.74, 6) is -1.57.